The maximum Gasteiger partial charge on any atom is 0.0159 e. The molecule has 1 aliphatic rings. The first kappa shape index (κ1) is 28.1. The van der Waals surface area contributed by atoms with E-state index in [0.717, 1.165) is 0 Å². The summed E-state index contributed by atoms with van der Waals surface area (Å²) in [5, 5.41) is 10.3. The second-order valence-corrected chi connectivity index (χ2v) is 14.0. The van der Waals surface area contributed by atoms with Crippen LogP contribution >= 0.6 is 0 Å². The molecule has 0 aromatic heterocycles. The highest BCUT2D eigenvalue weighted by Gasteiger charge is 2.37. The smallest absolute Gasteiger partial charge is 0.0159 e. The van der Waals surface area contributed by atoms with Gasteiger partial charge in [-0.1, -0.05) is 178 Å². The fourth-order valence-electron chi connectivity index (χ4n) is 8.77. The molecule has 0 nitrogen and oxygen atoms in total. The number of hydrogen-bond donors (Lipinski definition) is 0. The molecule has 1 aliphatic carbocycles. The lowest BCUT2D eigenvalue weighted by Crippen LogP contribution is -2.15. The zero-order valence-corrected chi connectivity index (χ0v) is 27.7. The lowest BCUT2D eigenvalue weighted by molar-refractivity contribution is 0.661. The molecule has 9 aromatic carbocycles. The van der Waals surface area contributed by atoms with E-state index in [0.29, 0.717) is 0 Å². The first-order valence-corrected chi connectivity index (χ1v) is 17.3. The van der Waals surface area contributed by atoms with Crippen molar-refractivity contribution in [3.8, 4) is 44.5 Å². The van der Waals surface area contributed by atoms with Crippen LogP contribution in [0.1, 0.15) is 25.0 Å². The third kappa shape index (κ3) is 4.04. The second kappa shape index (κ2) is 10.5. The molecule has 0 bridgehead atoms. The van der Waals surface area contributed by atoms with Crippen LogP contribution in [0.15, 0.2) is 170 Å². The molecule has 0 N–H and O–H groups in total. The summed E-state index contributed by atoms with van der Waals surface area (Å²) in [6.45, 7) is 4.77. The Hall–Kier alpha value is -5.98. The van der Waals surface area contributed by atoms with Gasteiger partial charge in [0.15, 0.2) is 0 Å². The Morgan fingerprint density at radius 3 is 1.49 bits per heavy atom. The molecule has 0 amide bonds. The van der Waals surface area contributed by atoms with Crippen LogP contribution in [0.3, 0.4) is 0 Å². The molecule has 0 unspecified atom stereocenters. The van der Waals surface area contributed by atoms with Crippen molar-refractivity contribution in [2.45, 2.75) is 19.3 Å². The summed E-state index contributed by atoms with van der Waals surface area (Å²) in [5.74, 6) is 0. The van der Waals surface area contributed by atoms with Crippen molar-refractivity contribution in [1.82, 2.24) is 0 Å². The Morgan fingerprint density at radius 1 is 0.306 bits per heavy atom. The molecule has 9 aromatic rings. The van der Waals surface area contributed by atoms with Gasteiger partial charge in [-0.05, 0) is 105 Å². The fraction of sp³-hybridized carbons (Fsp3) is 0.0612. The van der Waals surface area contributed by atoms with Crippen LogP contribution in [-0.2, 0) is 5.41 Å². The molecule has 49 heavy (non-hydrogen) atoms. The molecule has 0 atom stereocenters. The minimum Gasteiger partial charge on any atom is -0.0622 e. The van der Waals surface area contributed by atoms with Gasteiger partial charge < -0.3 is 0 Å². The number of fused-ring (bicyclic) bond motifs is 8. The average molecular weight is 623 g/mol. The van der Waals surface area contributed by atoms with Gasteiger partial charge in [0.2, 0.25) is 0 Å². The van der Waals surface area contributed by atoms with Crippen molar-refractivity contribution in [2.75, 3.05) is 0 Å². The lowest BCUT2D eigenvalue weighted by Gasteiger charge is -2.23. The van der Waals surface area contributed by atoms with Crippen LogP contribution < -0.4 is 0 Å². The highest BCUT2D eigenvalue weighted by molar-refractivity contribution is 6.25. The molecule has 230 valence electrons. The third-order valence-electron chi connectivity index (χ3n) is 11.1. The fourth-order valence-corrected chi connectivity index (χ4v) is 8.77. The van der Waals surface area contributed by atoms with Crippen molar-refractivity contribution in [2.24, 2.45) is 0 Å². The first-order valence-electron chi connectivity index (χ1n) is 17.3. The van der Waals surface area contributed by atoms with Gasteiger partial charge in [-0.25, -0.2) is 0 Å². The van der Waals surface area contributed by atoms with Gasteiger partial charge in [-0.2, -0.15) is 0 Å². The van der Waals surface area contributed by atoms with Gasteiger partial charge in [0.25, 0.3) is 0 Å². The molecule has 0 fully saturated rings. The molecular formula is C49H34. The zero-order chi connectivity index (χ0) is 32.7. The highest BCUT2D eigenvalue weighted by Crippen LogP contribution is 2.54. The largest absolute Gasteiger partial charge is 0.0622 e. The Bertz CT molecular complexity index is 2720. The van der Waals surface area contributed by atoms with Crippen molar-refractivity contribution < 1.29 is 0 Å². The minimum absolute atomic E-state index is 0.0981. The summed E-state index contributed by atoms with van der Waals surface area (Å²) in [5.41, 5.74) is 13.1. The van der Waals surface area contributed by atoms with E-state index in [1.54, 1.807) is 0 Å². The van der Waals surface area contributed by atoms with E-state index in [4.69, 9.17) is 0 Å². The van der Waals surface area contributed by atoms with E-state index in [2.05, 4.69) is 184 Å². The standard InChI is InChI=1S/C49H34/c1-49(2)44-29-28-35-37(24-13-25-38(35)48(44)43-27-26-33(30-45(43)49)31-14-4-3-5-15-31)47-41-21-10-8-19-39(41)46(40-20-9-11-22-42(40)47)36-23-12-17-32-16-6-7-18-34(32)36/h3-30H,1-2H3. The maximum absolute atomic E-state index is 2.42. The molecular weight excluding hydrogens is 589 g/mol. The van der Waals surface area contributed by atoms with Crippen LogP contribution in [0.4, 0.5) is 0 Å². The Kier molecular flexibility index (Phi) is 6.02. The van der Waals surface area contributed by atoms with E-state index in [1.807, 2.05) is 0 Å². The van der Waals surface area contributed by atoms with E-state index < -0.39 is 0 Å². The molecule has 0 heteroatoms. The van der Waals surface area contributed by atoms with Crippen LogP contribution in [0.5, 0.6) is 0 Å². The summed E-state index contributed by atoms with van der Waals surface area (Å²) in [4.78, 5) is 0. The molecule has 0 saturated heterocycles. The van der Waals surface area contributed by atoms with Crippen molar-refractivity contribution in [3.63, 3.8) is 0 Å². The van der Waals surface area contributed by atoms with E-state index in [-0.39, 0.29) is 5.41 Å². The van der Waals surface area contributed by atoms with Gasteiger partial charge in [-0.15, -0.1) is 0 Å². The molecule has 0 spiro atoms. The van der Waals surface area contributed by atoms with Crippen molar-refractivity contribution in [3.05, 3.63) is 181 Å². The molecule has 0 heterocycles. The predicted octanol–water partition coefficient (Wildman–Crippen LogP) is 13.6. The summed E-state index contributed by atoms with van der Waals surface area (Å²) in [6.07, 6.45) is 0. The number of hydrogen-bond acceptors (Lipinski definition) is 0. The minimum atomic E-state index is -0.0981. The molecule has 0 radical (unpaired) electrons. The van der Waals surface area contributed by atoms with Gasteiger partial charge in [0, 0.05) is 5.41 Å². The maximum atomic E-state index is 2.42. The van der Waals surface area contributed by atoms with Crippen LogP contribution in [-0.4, -0.2) is 0 Å². The van der Waals surface area contributed by atoms with Crippen LogP contribution in [0.2, 0.25) is 0 Å². The third-order valence-corrected chi connectivity index (χ3v) is 11.1. The van der Waals surface area contributed by atoms with Gasteiger partial charge in [-0.3, -0.25) is 0 Å². The van der Waals surface area contributed by atoms with E-state index >= 15 is 0 Å². The first-order chi connectivity index (χ1) is 24.1. The predicted molar refractivity (Wildman–Crippen MR) is 210 cm³/mol. The second-order valence-electron chi connectivity index (χ2n) is 14.0. The molecule has 0 saturated carbocycles. The number of benzene rings is 9. The summed E-state index contributed by atoms with van der Waals surface area (Å²) in [7, 11) is 0. The summed E-state index contributed by atoms with van der Waals surface area (Å²) in [6, 6.07) is 63.1. The van der Waals surface area contributed by atoms with Crippen LogP contribution in [0.25, 0.3) is 87.6 Å². The van der Waals surface area contributed by atoms with Gasteiger partial charge in [0.05, 0.1) is 0 Å². The normalized spacial score (nSPS) is 13.3. The van der Waals surface area contributed by atoms with Crippen molar-refractivity contribution >= 4 is 43.1 Å². The quantitative estimate of drug-likeness (QED) is 0.172. The monoisotopic (exact) mass is 622 g/mol. The molecule has 0 aliphatic heterocycles. The van der Waals surface area contributed by atoms with E-state index in [9.17, 15) is 0 Å². The highest BCUT2D eigenvalue weighted by atomic mass is 14.4. The average Bonchev–Trinajstić information content (AvgIpc) is 3.39. The number of rotatable bonds is 3. The van der Waals surface area contributed by atoms with E-state index in [1.165, 1.54) is 98.7 Å². The SMILES string of the molecule is CC1(C)c2cc(-c3ccccc3)ccc2-c2c1ccc1c(-c3c4ccccc4c(-c4cccc5ccccc45)c4ccccc34)cccc21. The Labute approximate surface area is 286 Å². The van der Waals surface area contributed by atoms with Gasteiger partial charge >= 0.3 is 0 Å². The summed E-state index contributed by atoms with van der Waals surface area (Å²) >= 11 is 0. The Morgan fingerprint density at radius 2 is 0.816 bits per heavy atom. The molecule has 10 rings (SSSR count). The van der Waals surface area contributed by atoms with Crippen LogP contribution in [0, 0.1) is 0 Å². The van der Waals surface area contributed by atoms with Gasteiger partial charge in [0.1, 0.15) is 0 Å². The topological polar surface area (TPSA) is 0 Å². The zero-order valence-electron chi connectivity index (χ0n) is 27.7. The lowest BCUT2D eigenvalue weighted by atomic mass is 9.80. The summed E-state index contributed by atoms with van der Waals surface area (Å²) < 4.78 is 0. The van der Waals surface area contributed by atoms with Crippen molar-refractivity contribution in [1.29, 1.82) is 0 Å². The Balaban J connectivity index is 1.26.